The Kier molecular flexibility index (Phi) is 5.27. The second-order valence-electron chi connectivity index (χ2n) is 5.28. The van der Waals surface area contributed by atoms with Crippen molar-refractivity contribution in [2.45, 2.75) is 44.8 Å². The predicted molar refractivity (Wildman–Crippen MR) is 75.0 cm³/mol. The maximum Gasteiger partial charge on any atom is 0.394 e. The zero-order valence-electron chi connectivity index (χ0n) is 12.6. The van der Waals surface area contributed by atoms with Crippen molar-refractivity contribution in [2.24, 2.45) is 16.6 Å². The molecule has 1 aromatic rings. The summed E-state index contributed by atoms with van der Waals surface area (Å²) in [5, 5.41) is 0. The van der Waals surface area contributed by atoms with Crippen LogP contribution in [0.2, 0.25) is 0 Å². The first-order valence-corrected chi connectivity index (χ1v) is 7.31. The molecule has 2 rings (SSSR count). The van der Waals surface area contributed by atoms with E-state index < -0.39 is 24.1 Å². The average Bonchev–Trinajstić information content (AvgIpc) is 3.05. The van der Waals surface area contributed by atoms with Crippen LogP contribution in [0.25, 0.3) is 0 Å². The number of carbonyl (C=O) groups excluding carboxylic acids is 1. The maximum atomic E-state index is 12.9. The number of rotatable bonds is 6. The third kappa shape index (κ3) is 4.46. The molecule has 0 saturated carbocycles. The summed E-state index contributed by atoms with van der Waals surface area (Å²) in [6.07, 6.45) is -2.44. The number of esters is 1. The Labute approximate surface area is 130 Å². The number of hydrogen-bond acceptors (Lipinski definition) is 6. The topological polar surface area (TPSA) is 90.7 Å². The Morgan fingerprint density at radius 1 is 1.52 bits per heavy atom. The van der Waals surface area contributed by atoms with Crippen molar-refractivity contribution < 1.29 is 27.1 Å². The fourth-order valence-corrected chi connectivity index (χ4v) is 2.50. The molecule has 1 aromatic heterocycles. The van der Waals surface area contributed by atoms with Gasteiger partial charge in [0.25, 0.3) is 0 Å². The molecule has 0 amide bonds. The molecule has 0 fully saturated rings. The van der Waals surface area contributed by atoms with Crippen LogP contribution in [0.5, 0.6) is 0 Å². The van der Waals surface area contributed by atoms with Gasteiger partial charge in [0.05, 0.1) is 24.4 Å². The average molecular weight is 333 g/mol. The normalized spacial score (nSPS) is 21.3. The summed E-state index contributed by atoms with van der Waals surface area (Å²) in [5.41, 5.74) is 5.48. The van der Waals surface area contributed by atoms with E-state index in [1.54, 1.807) is 6.92 Å². The Morgan fingerprint density at radius 3 is 2.91 bits per heavy atom. The number of nitrogens with two attached hydrogens (primary N) is 1. The molecule has 0 aromatic carbocycles. The van der Waals surface area contributed by atoms with Gasteiger partial charge in [-0.15, -0.1) is 0 Å². The van der Waals surface area contributed by atoms with Gasteiger partial charge in [0.15, 0.2) is 11.6 Å². The third-order valence-corrected chi connectivity index (χ3v) is 3.57. The minimum absolute atomic E-state index is 0.0399. The Hall–Kier alpha value is -2.06. The zero-order valence-corrected chi connectivity index (χ0v) is 12.6. The van der Waals surface area contributed by atoms with E-state index in [0.717, 1.165) is 0 Å². The molecule has 1 aliphatic rings. The minimum Gasteiger partial charge on any atom is -0.461 e. The highest BCUT2D eigenvalue weighted by atomic mass is 19.4. The van der Waals surface area contributed by atoms with E-state index in [0.29, 0.717) is 12.8 Å². The first kappa shape index (κ1) is 17.3. The van der Waals surface area contributed by atoms with Gasteiger partial charge in [0, 0.05) is 12.8 Å². The Balaban J connectivity index is 1.86. The van der Waals surface area contributed by atoms with Crippen molar-refractivity contribution in [3.63, 3.8) is 0 Å². The molecular weight excluding hydrogens is 315 g/mol. The van der Waals surface area contributed by atoms with E-state index in [2.05, 4.69) is 9.98 Å². The Morgan fingerprint density at radius 2 is 2.26 bits per heavy atom. The van der Waals surface area contributed by atoms with Gasteiger partial charge in [0.1, 0.15) is 6.26 Å². The molecule has 23 heavy (non-hydrogen) atoms. The highest BCUT2D eigenvalue weighted by Crippen LogP contribution is 2.37. The van der Waals surface area contributed by atoms with Crippen molar-refractivity contribution in [1.82, 2.24) is 4.98 Å². The number of halogens is 3. The molecule has 128 valence electrons. The fraction of sp³-hybridized carbons (Fsp3) is 0.643. The lowest BCUT2D eigenvalue weighted by atomic mass is 9.94. The van der Waals surface area contributed by atoms with Crippen LogP contribution < -0.4 is 5.73 Å². The number of nitrogens with zero attached hydrogens (tertiary/aromatic N) is 2. The molecule has 2 heterocycles. The first-order chi connectivity index (χ1) is 10.8. The SMILES string of the molecule is CCOC(=O)c1coc(CCC[C@@H]2N=C(N)CC2C(F)(F)F)n1. The van der Waals surface area contributed by atoms with Gasteiger partial charge in [-0.2, -0.15) is 13.2 Å². The number of amidine groups is 1. The highest BCUT2D eigenvalue weighted by molar-refractivity contribution is 5.86. The molecule has 0 spiro atoms. The van der Waals surface area contributed by atoms with E-state index in [-0.39, 0.29) is 36.9 Å². The summed E-state index contributed by atoms with van der Waals surface area (Å²) in [6, 6.07) is -0.866. The molecule has 2 atom stereocenters. The molecule has 0 radical (unpaired) electrons. The van der Waals surface area contributed by atoms with Crippen molar-refractivity contribution >= 4 is 11.8 Å². The van der Waals surface area contributed by atoms with Crippen LogP contribution in [0, 0.1) is 5.92 Å². The Bertz CT molecular complexity index is 583. The number of oxazole rings is 1. The second kappa shape index (κ2) is 7.01. The van der Waals surface area contributed by atoms with Gasteiger partial charge in [-0.1, -0.05) is 0 Å². The van der Waals surface area contributed by atoms with Gasteiger partial charge >= 0.3 is 12.1 Å². The van der Waals surface area contributed by atoms with Crippen molar-refractivity contribution in [3.05, 3.63) is 17.8 Å². The van der Waals surface area contributed by atoms with E-state index in [1.807, 2.05) is 0 Å². The molecule has 9 heteroatoms. The molecule has 1 aliphatic heterocycles. The molecule has 2 N–H and O–H groups in total. The summed E-state index contributed by atoms with van der Waals surface area (Å²) in [4.78, 5) is 19.3. The van der Waals surface area contributed by atoms with Crippen molar-refractivity contribution in [3.8, 4) is 0 Å². The van der Waals surface area contributed by atoms with Crippen LogP contribution >= 0.6 is 0 Å². The van der Waals surface area contributed by atoms with Crippen molar-refractivity contribution in [2.75, 3.05) is 6.61 Å². The predicted octanol–water partition coefficient (Wildman–Crippen LogP) is 2.48. The van der Waals surface area contributed by atoms with Crippen LogP contribution in [0.4, 0.5) is 13.2 Å². The van der Waals surface area contributed by atoms with Crippen LogP contribution in [-0.4, -0.2) is 35.6 Å². The van der Waals surface area contributed by atoms with Crippen LogP contribution in [0.15, 0.2) is 15.7 Å². The minimum atomic E-state index is -4.31. The largest absolute Gasteiger partial charge is 0.461 e. The molecule has 0 bridgehead atoms. The van der Waals surface area contributed by atoms with Crippen LogP contribution in [0.1, 0.15) is 42.6 Å². The molecule has 6 nitrogen and oxygen atoms in total. The standard InChI is InChI=1S/C14H18F3N3O3/c1-2-22-13(21)10-7-23-12(20-10)5-3-4-9-8(14(15,16)17)6-11(18)19-9/h7-9H,2-6H2,1H3,(H2,18,19)/t8?,9-/m0/s1. The monoisotopic (exact) mass is 333 g/mol. The number of alkyl halides is 3. The molecule has 1 unspecified atom stereocenters. The van der Waals surface area contributed by atoms with E-state index in [4.69, 9.17) is 14.9 Å². The lowest BCUT2D eigenvalue weighted by Crippen LogP contribution is -2.30. The lowest BCUT2D eigenvalue weighted by Gasteiger charge is -2.20. The van der Waals surface area contributed by atoms with Gasteiger partial charge < -0.3 is 14.9 Å². The number of hydrogen-bond donors (Lipinski definition) is 1. The fourth-order valence-electron chi connectivity index (χ4n) is 2.50. The number of ether oxygens (including phenoxy) is 1. The van der Waals surface area contributed by atoms with Gasteiger partial charge in [-0.05, 0) is 19.8 Å². The van der Waals surface area contributed by atoms with Gasteiger partial charge in [0.2, 0.25) is 0 Å². The first-order valence-electron chi connectivity index (χ1n) is 7.31. The molecule has 0 saturated heterocycles. The summed E-state index contributed by atoms with van der Waals surface area (Å²) in [6.45, 7) is 1.89. The van der Waals surface area contributed by atoms with E-state index >= 15 is 0 Å². The third-order valence-electron chi connectivity index (χ3n) is 3.57. The summed E-state index contributed by atoms with van der Waals surface area (Å²) < 4.78 is 48.6. The summed E-state index contributed by atoms with van der Waals surface area (Å²) >= 11 is 0. The summed E-state index contributed by atoms with van der Waals surface area (Å²) in [5.74, 6) is -1.79. The zero-order chi connectivity index (χ0) is 17.0. The van der Waals surface area contributed by atoms with E-state index in [1.165, 1.54) is 6.26 Å². The number of aliphatic imine (C=N–C) groups is 1. The highest BCUT2D eigenvalue weighted by Gasteiger charge is 2.47. The quantitative estimate of drug-likeness (QED) is 0.808. The molecule has 0 aliphatic carbocycles. The number of aryl methyl sites for hydroxylation is 1. The van der Waals surface area contributed by atoms with Gasteiger partial charge in [-0.25, -0.2) is 9.78 Å². The number of aromatic nitrogens is 1. The van der Waals surface area contributed by atoms with E-state index in [9.17, 15) is 18.0 Å². The lowest BCUT2D eigenvalue weighted by molar-refractivity contribution is -0.176. The van der Waals surface area contributed by atoms with Crippen LogP contribution in [-0.2, 0) is 11.2 Å². The van der Waals surface area contributed by atoms with Gasteiger partial charge in [-0.3, -0.25) is 4.99 Å². The smallest absolute Gasteiger partial charge is 0.394 e. The number of carbonyl (C=O) groups is 1. The maximum absolute atomic E-state index is 12.9. The summed E-state index contributed by atoms with van der Waals surface area (Å²) in [7, 11) is 0. The molecular formula is C14H18F3N3O3. The second-order valence-corrected chi connectivity index (χ2v) is 5.28. The van der Waals surface area contributed by atoms with Crippen LogP contribution in [0.3, 0.4) is 0 Å². The van der Waals surface area contributed by atoms with Crippen molar-refractivity contribution in [1.29, 1.82) is 0 Å².